The zero-order valence-electron chi connectivity index (χ0n) is 16.2. The van der Waals surface area contributed by atoms with E-state index in [1.807, 2.05) is 11.0 Å². The smallest absolute Gasteiger partial charge is 0.273 e. The van der Waals surface area contributed by atoms with E-state index in [4.69, 9.17) is 16.3 Å². The lowest BCUT2D eigenvalue weighted by Crippen LogP contribution is -2.48. The second-order valence-electron chi connectivity index (χ2n) is 7.70. The topological polar surface area (TPSA) is 81.1 Å². The Hall–Kier alpha value is -3.06. The second-order valence-corrected chi connectivity index (χ2v) is 8.13. The van der Waals surface area contributed by atoms with Crippen LogP contribution in [0.4, 0.5) is 0 Å². The third-order valence-electron chi connectivity index (χ3n) is 5.71. The van der Waals surface area contributed by atoms with E-state index in [1.165, 1.54) is 0 Å². The molecule has 3 aromatic rings. The number of rotatable bonds is 5. The Morgan fingerprint density at radius 1 is 1.03 bits per heavy atom. The Bertz CT molecular complexity index is 1060. The third kappa shape index (κ3) is 3.85. The van der Waals surface area contributed by atoms with Crippen molar-refractivity contribution in [3.8, 4) is 17.3 Å². The minimum atomic E-state index is -0.115. The largest absolute Gasteiger partial charge is 0.475 e. The van der Waals surface area contributed by atoms with Crippen LogP contribution in [0.3, 0.4) is 0 Å². The van der Waals surface area contributed by atoms with Gasteiger partial charge in [0.25, 0.3) is 5.91 Å². The first-order chi connectivity index (χ1) is 14.7. The molecule has 4 heterocycles. The number of halogens is 1. The van der Waals surface area contributed by atoms with Crippen LogP contribution >= 0.6 is 11.6 Å². The van der Waals surface area contributed by atoms with Gasteiger partial charge in [0.05, 0.1) is 11.6 Å². The van der Waals surface area contributed by atoms with Crippen molar-refractivity contribution >= 4 is 17.5 Å². The Morgan fingerprint density at radius 3 is 2.70 bits per heavy atom. The fraction of sp³-hybridized carbons (Fsp3) is 0.318. The van der Waals surface area contributed by atoms with Crippen molar-refractivity contribution in [2.24, 2.45) is 11.8 Å². The molecule has 1 saturated heterocycles. The molecule has 5 rings (SSSR count). The summed E-state index contributed by atoms with van der Waals surface area (Å²) >= 11 is 6.03. The van der Waals surface area contributed by atoms with E-state index in [2.05, 4.69) is 19.9 Å². The van der Waals surface area contributed by atoms with Crippen molar-refractivity contribution in [1.29, 1.82) is 0 Å². The highest BCUT2D eigenvalue weighted by Crippen LogP contribution is 2.47. The summed E-state index contributed by atoms with van der Waals surface area (Å²) in [6, 6.07) is 8.71. The molecule has 0 radical (unpaired) electrons. The molecular formula is C22H20ClN5O2. The molecule has 2 aliphatic rings. The lowest BCUT2D eigenvalue weighted by atomic mass is 10.0. The second kappa shape index (κ2) is 7.99. The van der Waals surface area contributed by atoms with Crippen molar-refractivity contribution in [2.45, 2.75) is 18.9 Å². The Balaban J connectivity index is 1.40. The molecule has 1 amide bonds. The lowest BCUT2D eigenvalue weighted by Gasteiger charge is -2.35. The van der Waals surface area contributed by atoms with E-state index in [9.17, 15) is 4.79 Å². The first-order valence-electron chi connectivity index (χ1n) is 9.97. The van der Waals surface area contributed by atoms with Gasteiger partial charge in [0.15, 0.2) is 5.82 Å². The minimum absolute atomic E-state index is 0.0476. The Morgan fingerprint density at radius 2 is 1.87 bits per heavy atom. The van der Waals surface area contributed by atoms with Gasteiger partial charge in [-0.05, 0) is 48.9 Å². The molecule has 0 unspecified atom stereocenters. The van der Waals surface area contributed by atoms with Crippen LogP contribution in [0, 0.1) is 11.8 Å². The average molecular weight is 422 g/mol. The van der Waals surface area contributed by atoms with Crippen LogP contribution in [0.2, 0.25) is 5.02 Å². The molecule has 2 fully saturated rings. The highest BCUT2D eigenvalue weighted by atomic mass is 35.5. The summed E-state index contributed by atoms with van der Waals surface area (Å²) in [5.41, 5.74) is 1.01. The standard InChI is InChI=1S/C22H20ClN5O2/c23-16-4-8-24-19(11-16)30-13-17-10-14-9-15(14)12-28(17)22(29)20-18(3-1-5-25-20)21-26-6-2-7-27-21/h1-8,11,14-15,17H,9-10,12-13H2/t14-,15-,17-/m0/s1. The van der Waals surface area contributed by atoms with Crippen LogP contribution in [-0.2, 0) is 0 Å². The number of ether oxygens (including phenoxy) is 1. The fourth-order valence-corrected chi connectivity index (χ4v) is 4.23. The number of piperidine rings is 1. The molecule has 0 aromatic carbocycles. The van der Waals surface area contributed by atoms with Gasteiger partial charge in [-0.1, -0.05) is 11.6 Å². The van der Waals surface area contributed by atoms with Gasteiger partial charge >= 0.3 is 0 Å². The molecule has 7 nitrogen and oxygen atoms in total. The highest BCUT2D eigenvalue weighted by molar-refractivity contribution is 6.30. The molecule has 0 bridgehead atoms. The third-order valence-corrected chi connectivity index (χ3v) is 5.95. The van der Waals surface area contributed by atoms with Crippen LogP contribution in [0.15, 0.2) is 55.1 Å². The number of fused-ring (bicyclic) bond motifs is 1. The van der Waals surface area contributed by atoms with E-state index in [0.717, 1.165) is 12.8 Å². The number of hydrogen-bond donors (Lipinski definition) is 0. The molecule has 30 heavy (non-hydrogen) atoms. The van der Waals surface area contributed by atoms with Gasteiger partial charge < -0.3 is 9.64 Å². The van der Waals surface area contributed by atoms with Crippen molar-refractivity contribution < 1.29 is 9.53 Å². The molecular weight excluding hydrogens is 402 g/mol. The van der Waals surface area contributed by atoms with Gasteiger partial charge in [0, 0.05) is 42.4 Å². The van der Waals surface area contributed by atoms with Gasteiger partial charge in [-0.15, -0.1) is 0 Å². The van der Waals surface area contributed by atoms with E-state index >= 15 is 0 Å². The molecule has 0 spiro atoms. The van der Waals surface area contributed by atoms with Gasteiger partial charge in [0.2, 0.25) is 5.88 Å². The first kappa shape index (κ1) is 18.9. The quantitative estimate of drug-likeness (QED) is 0.627. The number of nitrogens with zero attached hydrogens (tertiary/aromatic N) is 5. The number of amides is 1. The Kier molecular flexibility index (Phi) is 5.04. The zero-order chi connectivity index (χ0) is 20.5. The van der Waals surface area contributed by atoms with Crippen LogP contribution in [-0.4, -0.2) is 49.9 Å². The summed E-state index contributed by atoms with van der Waals surface area (Å²) < 4.78 is 5.89. The molecule has 0 N–H and O–H groups in total. The number of aromatic nitrogens is 4. The van der Waals surface area contributed by atoms with Gasteiger partial charge in [0.1, 0.15) is 12.3 Å². The van der Waals surface area contributed by atoms with Crippen LogP contribution in [0.1, 0.15) is 23.3 Å². The zero-order valence-corrected chi connectivity index (χ0v) is 16.9. The minimum Gasteiger partial charge on any atom is -0.475 e. The van der Waals surface area contributed by atoms with Crippen molar-refractivity contribution in [1.82, 2.24) is 24.8 Å². The fourth-order valence-electron chi connectivity index (χ4n) is 4.08. The maximum atomic E-state index is 13.5. The van der Waals surface area contributed by atoms with E-state index in [-0.39, 0.29) is 11.9 Å². The monoisotopic (exact) mass is 421 g/mol. The molecule has 1 aliphatic carbocycles. The van der Waals surface area contributed by atoms with Crippen LogP contribution in [0.25, 0.3) is 11.4 Å². The van der Waals surface area contributed by atoms with Gasteiger partial charge in [-0.3, -0.25) is 9.78 Å². The predicted octanol–water partition coefficient (Wildman–Crippen LogP) is 3.52. The molecule has 3 aromatic heterocycles. The summed E-state index contributed by atoms with van der Waals surface area (Å²) in [5.74, 6) is 2.07. The lowest BCUT2D eigenvalue weighted by molar-refractivity contribution is 0.0503. The predicted molar refractivity (Wildman–Crippen MR) is 111 cm³/mol. The normalized spacial score (nSPS) is 22.3. The SMILES string of the molecule is O=C(c1ncccc1-c1ncccn1)N1C[C@@H]2C[C@H]2C[C@H]1COc1cc(Cl)ccn1. The summed E-state index contributed by atoms with van der Waals surface area (Å²) in [5, 5.41) is 0.569. The van der Waals surface area contributed by atoms with E-state index in [1.54, 1.807) is 49.1 Å². The van der Waals surface area contributed by atoms with Gasteiger partial charge in [-0.2, -0.15) is 0 Å². The molecule has 1 aliphatic heterocycles. The number of carbonyl (C=O) groups is 1. The number of hydrogen-bond acceptors (Lipinski definition) is 6. The van der Waals surface area contributed by atoms with E-state index in [0.29, 0.717) is 53.0 Å². The number of carbonyl (C=O) groups excluding carboxylic acids is 1. The summed E-state index contributed by atoms with van der Waals surface area (Å²) in [7, 11) is 0. The summed E-state index contributed by atoms with van der Waals surface area (Å²) in [6.07, 6.45) is 8.64. The van der Waals surface area contributed by atoms with Crippen LogP contribution in [0.5, 0.6) is 5.88 Å². The summed E-state index contributed by atoms with van der Waals surface area (Å²) in [4.78, 5) is 32.6. The first-order valence-corrected chi connectivity index (χ1v) is 10.3. The molecule has 152 valence electrons. The van der Waals surface area contributed by atoms with Crippen molar-refractivity contribution in [3.05, 3.63) is 65.8 Å². The average Bonchev–Trinajstić information content (AvgIpc) is 3.56. The van der Waals surface area contributed by atoms with Gasteiger partial charge in [-0.25, -0.2) is 15.0 Å². The van der Waals surface area contributed by atoms with Crippen LogP contribution < -0.4 is 4.74 Å². The molecule has 8 heteroatoms. The number of pyridine rings is 2. The maximum absolute atomic E-state index is 13.5. The van der Waals surface area contributed by atoms with E-state index < -0.39 is 0 Å². The summed E-state index contributed by atoms with van der Waals surface area (Å²) in [6.45, 7) is 1.08. The maximum Gasteiger partial charge on any atom is 0.273 e. The highest BCUT2D eigenvalue weighted by Gasteiger charge is 2.47. The Labute approximate surface area is 179 Å². The van der Waals surface area contributed by atoms with Crippen molar-refractivity contribution in [2.75, 3.05) is 13.2 Å². The number of likely N-dealkylation sites (tertiary alicyclic amines) is 1. The van der Waals surface area contributed by atoms with Crippen molar-refractivity contribution in [3.63, 3.8) is 0 Å². The molecule has 3 atom stereocenters. The molecule has 1 saturated carbocycles.